The van der Waals surface area contributed by atoms with Gasteiger partial charge < -0.3 is 9.64 Å². The Hall–Kier alpha value is -1.51. The zero-order chi connectivity index (χ0) is 13.1. The van der Waals surface area contributed by atoms with Crippen molar-refractivity contribution in [1.82, 2.24) is 4.90 Å². The second kappa shape index (κ2) is 5.42. The first-order chi connectivity index (χ1) is 8.61. The number of benzene rings is 1. The van der Waals surface area contributed by atoms with Crippen molar-refractivity contribution in [2.45, 2.75) is 39.2 Å². The second-order valence-electron chi connectivity index (χ2n) is 5.07. The van der Waals surface area contributed by atoms with E-state index in [1.165, 1.54) is 5.56 Å². The lowest BCUT2D eigenvalue weighted by Crippen LogP contribution is -2.20. The summed E-state index contributed by atoms with van der Waals surface area (Å²) in [5.41, 5.74) is 1.27. The van der Waals surface area contributed by atoms with Crippen molar-refractivity contribution in [1.29, 1.82) is 0 Å². The van der Waals surface area contributed by atoms with Crippen LogP contribution in [0.5, 0.6) is 5.75 Å². The van der Waals surface area contributed by atoms with Gasteiger partial charge in [0.25, 0.3) is 5.91 Å². The lowest BCUT2D eigenvalue weighted by atomic mass is 9.99. The number of carbonyl (C=O) groups excluding carboxylic acids is 1. The SMILES string of the molecule is CCC(C)c1cccc(OCC(=O)N2CC2C)c1. The van der Waals surface area contributed by atoms with Crippen LogP contribution in [0, 0.1) is 0 Å². The smallest absolute Gasteiger partial charge is 0.260 e. The van der Waals surface area contributed by atoms with Crippen LogP contribution in [-0.2, 0) is 4.79 Å². The van der Waals surface area contributed by atoms with Crippen LogP contribution in [0.15, 0.2) is 24.3 Å². The lowest BCUT2D eigenvalue weighted by Gasteiger charge is -2.11. The Bertz CT molecular complexity index is 430. The monoisotopic (exact) mass is 247 g/mol. The van der Waals surface area contributed by atoms with E-state index < -0.39 is 0 Å². The van der Waals surface area contributed by atoms with Gasteiger partial charge in [-0.25, -0.2) is 0 Å². The lowest BCUT2D eigenvalue weighted by molar-refractivity contribution is -0.128. The molecule has 1 heterocycles. The van der Waals surface area contributed by atoms with E-state index in [1.807, 2.05) is 30.0 Å². The third-order valence-corrected chi connectivity index (χ3v) is 3.58. The van der Waals surface area contributed by atoms with Gasteiger partial charge >= 0.3 is 0 Å². The average Bonchev–Trinajstić information content (AvgIpc) is 3.12. The minimum absolute atomic E-state index is 0.0800. The molecule has 2 atom stereocenters. The predicted molar refractivity (Wildman–Crippen MR) is 71.8 cm³/mol. The molecule has 3 heteroatoms. The molecule has 0 aliphatic carbocycles. The highest BCUT2D eigenvalue weighted by atomic mass is 16.5. The zero-order valence-corrected chi connectivity index (χ0v) is 11.3. The fourth-order valence-corrected chi connectivity index (χ4v) is 1.96. The number of nitrogens with zero attached hydrogens (tertiary/aromatic N) is 1. The summed E-state index contributed by atoms with van der Waals surface area (Å²) in [5, 5.41) is 0. The second-order valence-corrected chi connectivity index (χ2v) is 5.07. The molecule has 0 radical (unpaired) electrons. The molecular formula is C15H21NO2. The van der Waals surface area contributed by atoms with Crippen LogP contribution in [0.2, 0.25) is 0 Å². The summed E-state index contributed by atoms with van der Waals surface area (Å²) in [6.07, 6.45) is 1.10. The van der Waals surface area contributed by atoms with Crippen molar-refractivity contribution in [3.63, 3.8) is 0 Å². The van der Waals surface area contributed by atoms with Gasteiger partial charge in [0.05, 0.1) is 0 Å². The highest BCUT2D eigenvalue weighted by Gasteiger charge is 2.33. The molecule has 18 heavy (non-hydrogen) atoms. The van der Waals surface area contributed by atoms with E-state index in [2.05, 4.69) is 19.9 Å². The van der Waals surface area contributed by atoms with E-state index in [9.17, 15) is 4.79 Å². The van der Waals surface area contributed by atoms with E-state index in [-0.39, 0.29) is 12.5 Å². The first-order valence-electron chi connectivity index (χ1n) is 6.64. The molecule has 98 valence electrons. The van der Waals surface area contributed by atoms with E-state index in [4.69, 9.17) is 4.74 Å². The third kappa shape index (κ3) is 3.03. The molecular weight excluding hydrogens is 226 g/mol. The Morgan fingerprint density at radius 1 is 1.56 bits per heavy atom. The molecule has 1 fully saturated rings. The Kier molecular flexibility index (Phi) is 3.90. The Morgan fingerprint density at radius 2 is 2.28 bits per heavy atom. The van der Waals surface area contributed by atoms with Gasteiger partial charge in [-0.2, -0.15) is 0 Å². The van der Waals surface area contributed by atoms with Gasteiger partial charge in [0.1, 0.15) is 5.75 Å². The molecule has 1 aromatic rings. The first kappa shape index (κ1) is 12.9. The number of rotatable bonds is 5. The Balaban J connectivity index is 1.91. The molecule has 2 rings (SSSR count). The van der Waals surface area contributed by atoms with Gasteiger partial charge in [0.2, 0.25) is 0 Å². The maximum atomic E-state index is 11.7. The molecule has 1 aliphatic rings. The van der Waals surface area contributed by atoms with Crippen LogP contribution in [0.3, 0.4) is 0 Å². The number of hydrogen-bond donors (Lipinski definition) is 0. The molecule has 0 spiro atoms. The average molecular weight is 247 g/mol. The molecule has 1 amide bonds. The minimum atomic E-state index is 0.0800. The standard InChI is InChI=1S/C15H21NO2/c1-4-11(2)13-6-5-7-14(8-13)18-10-15(17)16-9-12(16)3/h5-8,11-12H,4,9-10H2,1-3H3. The van der Waals surface area contributed by atoms with Gasteiger partial charge in [0, 0.05) is 12.6 Å². The van der Waals surface area contributed by atoms with Crippen LogP contribution < -0.4 is 4.74 Å². The third-order valence-electron chi connectivity index (χ3n) is 3.58. The van der Waals surface area contributed by atoms with Crippen LogP contribution >= 0.6 is 0 Å². The fraction of sp³-hybridized carbons (Fsp3) is 0.533. The normalized spacial score (nSPS) is 19.5. The highest BCUT2D eigenvalue weighted by Crippen LogP contribution is 2.23. The highest BCUT2D eigenvalue weighted by molar-refractivity contribution is 5.80. The molecule has 0 saturated carbocycles. The molecule has 1 saturated heterocycles. The van der Waals surface area contributed by atoms with Gasteiger partial charge in [-0.1, -0.05) is 26.0 Å². The topological polar surface area (TPSA) is 29.3 Å². The van der Waals surface area contributed by atoms with Crippen molar-refractivity contribution in [2.75, 3.05) is 13.2 Å². The maximum absolute atomic E-state index is 11.7. The molecule has 0 N–H and O–H groups in total. The molecule has 3 nitrogen and oxygen atoms in total. The van der Waals surface area contributed by atoms with Crippen molar-refractivity contribution < 1.29 is 9.53 Å². The van der Waals surface area contributed by atoms with Gasteiger partial charge in [-0.15, -0.1) is 0 Å². The predicted octanol–water partition coefficient (Wildman–Crippen LogP) is 2.81. The largest absolute Gasteiger partial charge is 0.484 e. The van der Waals surface area contributed by atoms with Gasteiger partial charge in [-0.05, 0) is 37.0 Å². The number of hydrogen-bond acceptors (Lipinski definition) is 2. The molecule has 2 unspecified atom stereocenters. The van der Waals surface area contributed by atoms with E-state index in [0.29, 0.717) is 12.0 Å². The fourth-order valence-electron chi connectivity index (χ4n) is 1.96. The van der Waals surface area contributed by atoms with Crippen LogP contribution in [0.25, 0.3) is 0 Å². The molecule has 0 aromatic heterocycles. The Labute approximate surface area is 109 Å². The summed E-state index contributed by atoms with van der Waals surface area (Å²) in [7, 11) is 0. The van der Waals surface area contributed by atoms with Crippen LogP contribution in [0.1, 0.15) is 38.7 Å². The maximum Gasteiger partial charge on any atom is 0.260 e. The summed E-state index contributed by atoms with van der Waals surface area (Å²) < 4.78 is 5.56. The first-order valence-corrected chi connectivity index (χ1v) is 6.64. The molecule has 1 aromatic carbocycles. The van der Waals surface area contributed by atoms with Crippen LogP contribution in [0.4, 0.5) is 0 Å². The van der Waals surface area contributed by atoms with E-state index in [0.717, 1.165) is 18.7 Å². The number of ether oxygens (including phenoxy) is 1. The minimum Gasteiger partial charge on any atom is -0.484 e. The summed E-state index contributed by atoms with van der Waals surface area (Å²) in [5.74, 6) is 1.39. The van der Waals surface area contributed by atoms with E-state index >= 15 is 0 Å². The zero-order valence-electron chi connectivity index (χ0n) is 11.3. The van der Waals surface area contributed by atoms with Gasteiger partial charge in [-0.3, -0.25) is 4.79 Å². The van der Waals surface area contributed by atoms with Crippen molar-refractivity contribution >= 4 is 5.91 Å². The van der Waals surface area contributed by atoms with Crippen LogP contribution in [-0.4, -0.2) is 30.0 Å². The van der Waals surface area contributed by atoms with E-state index in [1.54, 1.807) is 0 Å². The van der Waals surface area contributed by atoms with Gasteiger partial charge in [0.15, 0.2) is 6.61 Å². The summed E-state index contributed by atoms with van der Waals surface area (Å²) in [6.45, 7) is 7.43. The Morgan fingerprint density at radius 3 is 2.89 bits per heavy atom. The summed E-state index contributed by atoms with van der Waals surface area (Å²) >= 11 is 0. The number of carbonyl (C=O) groups is 1. The summed E-state index contributed by atoms with van der Waals surface area (Å²) in [4.78, 5) is 13.5. The number of amides is 1. The molecule has 1 aliphatic heterocycles. The quantitative estimate of drug-likeness (QED) is 0.749. The van der Waals surface area contributed by atoms with Crippen molar-refractivity contribution in [2.24, 2.45) is 0 Å². The molecule has 0 bridgehead atoms. The summed E-state index contributed by atoms with van der Waals surface area (Å²) in [6, 6.07) is 8.43. The van der Waals surface area contributed by atoms with Crippen molar-refractivity contribution in [3.8, 4) is 5.75 Å². The van der Waals surface area contributed by atoms with Crippen molar-refractivity contribution in [3.05, 3.63) is 29.8 Å².